The first-order valence-electron chi connectivity index (χ1n) is 1.61. The smallest absolute Gasteiger partial charge is 0.227 e. The van der Waals surface area contributed by atoms with Crippen LogP contribution in [0.1, 0.15) is 0 Å². The standard InChI is InChI=1S/C3HFN3/c4-3-1-5-2-6-7-3/h1H. The van der Waals surface area contributed by atoms with Gasteiger partial charge in [0.2, 0.25) is 6.33 Å². The molecule has 0 saturated heterocycles. The van der Waals surface area contributed by atoms with E-state index in [1.165, 1.54) is 0 Å². The van der Waals surface area contributed by atoms with E-state index in [4.69, 9.17) is 0 Å². The van der Waals surface area contributed by atoms with Crippen molar-refractivity contribution in [2.45, 2.75) is 0 Å². The molecule has 0 fully saturated rings. The minimum absolute atomic E-state index is 0.682. The number of halogens is 1. The van der Waals surface area contributed by atoms with Crippen LogP contribution in [0.25, 0.3) is 0 Å². The lowest BCUT2D eigenvalue weighted by Gasteiger charge is -1.75. The van der Waals surface area contributed by atoms with Crippen LogP contribution in [0.4, 0.5) is 4.39 Å². The van der Waals surface area contributed by atoms with Gasteiger partial charge in [-0.2, -0.15) is 4.39 Å². The maximum atomic E-state index is 11.7. The summed E-state index contributed by atoms with van der Waals surface area (Å²) in [5.74, 6) is -0.682. The van der Waals surface area contributed by atoms with Gasteiger partial charge in [0.1, 0.15) is 0 Å². The van der Waals surface area contributed by atoms with E-state index in [1.54, 1.807) is 0 Å². The largest absolute Gasteiger partial charge is 0.251 e. The lowest BCUT2D eigenvalue weighted by Crippen LogP contribution is -1.86. The van der Waals surface area contributed by atoms with Crippen LogP contribution in [0.5, 0.6) is 0 Å². The Morgan fingerprint density at radius 3 is 2.86 bits per heavy atom. The summed E-state index contributed by atoms with van der Waals surface area (Å²) in [6.07, 6.45) is 3.02. The first-order chi connectivity index (χ1) is 3.39. The number of rotatable bonds is 0. The van der Waals surface area contributed by atoms with Gasteiger partial charge in [-0.25, -0.2) is 4.98 Å². The van der Waals surface area contributed by atoms with Crippen LogP contribution in [-0.4, -0.2) is 15.2 Å². The number of aromatic nitrogens is 3. The topological polar surface area (TPSA) is 38.7 Å². The Morgan fingerprint density at radius 2 is 2.57 bits per heavy atom. The Morgan fingerprint density at radius 1 is 1.71 bits per heavy atom. The average molecular weight is 98.1 g/mol. The molecule has 1 aromatic heterocycles. The van der Waals surface area contributed by atoms with Gasteiger partial charge in [-0.3, -0.25) is 0 Å². The molecule has 0 N–H and O–H groups in total. The van der Waals surface area contributed by atoms with E-state index < -0.39 is 5.95 Å². The molecular formula is C3HFN3. The third kappa shape index (κ3) is 0.887. The second kappa shape index (κ2) is 1.59. The molecule has 7 heavy (non-hydrogen) atoms. The monoisotopic (exact) mass is 98.0 g/mol. The van der Waals surface area contributed by atoms with Crippen molar-refractivity contribution in [1.29, 1.82) is 0 Å². The molecule has 1 aromatic rings. The fraction of sp³-hybridized carbons (Fsp3) is 0. The predicted molar refractivity (Wildman–Crippen MR) is 18.6 cm³/mol. The van der Waals surface area contributed by atoms with E-state index in [2.05, 4.69) is 21.5 Å². The molecule has 1 radical (unpaired) electrons. The zero-order valence-electron chi connectivity index (χ0n) is 3.30. The molecular weight excluding hydrogens is 97.1 g/mol. The Hall–Kier alpha value is -1.06. The lowest BCUT2D eigenvalue weighted by molar-refractivity contribution is 0.552. The summed E-state index contributed by atoms with van der Waals surface area (Å²) in [4.78, 5) is 3.21. The van der Waals surface area contributed by atoms with Crippen molar-refractivity contribution in [3.63, 3.8) is 0 Å². The quantitative estimate of drug-likeness (QED) is 0.451. The summed E-state index contributed by atoms with van der Waals surface area (Å²) in [5, 5.41) is 5.97. The molecule has 4 heteroatoms. The Kier molecular flexibility index (Phi) is 0.934. The van der Waals surface area contributed by atoms with Crippen molar-refractivity contribution < 1.29 is 4.39 Å². The van der Waals surface area contributed by atoms with Gasteiger partial charge in [0.25, 0.3) is 5.95 Å². The van der Waals surface area contributed by atoms with Gasteiger partial charge in [0, 0.05) is 0 Å². The summed E-state index contributed by atoms with van der Waals surface area (Å²) in [5.41, 5.74) is 0. The molecule has 0 saturated carbocycles. The van der Waals surface area contributed by atoms with Gasteiger partial charge in [-0.05, 0) is 0 Å². The van der Waals surface area contributed by atoms with E-state index >= 15 is 0 Å². The maximum absolute atomic E-state index is 11.7. The predicted octanol–water partition coefficient (Wildman–Crippen LogP) is -0.189. The van der Waals surface area contributed by atoms with E-state index in [1.807, 2.05) is 0 Å². The maximum Gasteiger partial charge on any atom is 0.251 e. The van der Waals surface area contributed by atoms with E-state index in [-0.39, 0.29) is 0 Å². The SMILES string of the molecule is Fc1cn[c]nn1. The summed E-state index contributed by atoms with van der Waals surface area (Å²) in [7, 11) is 0. The summed E-state index contributed by atoms with van der Waals surface area (Å²) in [6, 6.07) is 0. The number of nitrogens with zero attached hydrogens (tertiary/aromatic N) is 3. The molecule has 0 aliphatic rings. The second-order valence-electron chi connectivity index (χ2n) is 0.881. The molecule has 0 bridgehead atoms. The Labute approximate surface area is 39.2 Å². The van der Waals surface area contributed by atoms with Gasteiger partial charge >= 0.3 is 0 Å². The zero-order chi connectivity index (χ0) is 5.11. The molecule has 0 amide bonds. The molecule has 35 valence electrons. The third-order valence-corrected chi connectivity index (χ3v) is 0.419. The number of hydrogen-bond donors (Lipinski definition) is 0. The fourth-order valence-electron chi connectivity index (χ4n) is 0.204. The van der Waals surface area contributed by atoms with Crippen LogP contribution >= 0.6 is 0 Å². The lowest BCUT2D eigenvalue weighted by atomic mass is 10.9. The van der Waals surface area contributed by atoms with Gasteiger partial charge in [-0.1, -0.05) is 0 Å². The molecule has 0 aliphatic heterocycles. The minimum Gasteiger partial charge on any atom is -0.227 e. The number of hydrogen-bond acceptors (Lipinski definition) is 3. The van der Waals surface area contributed by atoms with Crippen molar-refractivity contribution >= 4 is 0 Å². The first kappa shape index (κ1) is 4.11. The normalized spacial score (nSPS) is 8.71. The highest BCUT2D eigenvalue weighted by Crippen LogP contribution is 1.77. The second-order valence-corrected chi connectivity index (χ2v) is 0.881. The van der Waals surface area contributed by atoms with Crippen molar-refractivity contribution in [1.82, 2.24) is 15.2 Å². The van der Waals surface area contributed by atoms with E-state index in [0.717, 1.165) is 6.20 Å². The average Bonchev–Trinajstić information content (AvgIpc) is 1.69. The molecule has 0 aromatic carbocycles. The summed E-state index contributed by atoms with van der Waals surface area (Å²) >= 11 is 0. The summed E-state index contributed by atoms with van der Waals surface area (Å²) < 4.78 is 11.7. The fourth-order valence-corrected chi connectivity index (χ4v) is 0.204. The Balaban J connectivity index is 3.02. The molecule has 0 aliphatic carbocycles. The minimum atomic E-state index is -0.682. The van der Waals surface area contributed by atoms with Crippen LogP contribution in [0, 0.1) is 12.3 Å². The van der Waals surface area contributed by atoms with Crippen molar-refractivity contribution in [3.05, 3.63) is 18.5 Å². The molecule has 1 heterocycles. The van der Waals surface area contributed by atoms with Gasteiger partial charge in [-0.15, -0.1) is 10.2 Å². The van der Waals surface area contributed by atoms with E-state index in [0.29, 0.717) is 0 Å². The summed E-state index contributed by atoms with van der Waals surface area (Å²) in [6.45, 7) is 0. The zero-order valence-corrected chi connectivity index (χ0v) is 3.30. The van der Waals surface area contributed by atoms with Crippen LogP contribution in [0.3, 0.4) is 0 Å². The first-order valence-corrected chi connectivity index (χ1v) is 1.61. The van der Waals surface area contributed by atoms with E-state index in [9.17, 15) is 4.39 Å². The van der Waals surface area contributed by atoms with Crippen LogP contribution < -0.4 is 0 Å². The van der Waals surface area contributed by atoms with Crippen LogP contribution in [-0.2, 0) is 0 Å². The highest BCUT2D eigenvalue weighted by atomic mass is 19.1. The Bertz CT molecular complexity index is 140. The van der Waals surface area contributed by atoms with Crippen molar-refractivity contribution in [3.8, 4) is 0 Å². The molecule has 0 unspecified atom stereocenters. The van der Waals surface area contributed by atoms with Crippen LogP contribution in [0.2, 0.25) is 0 Å². The van der Waals surface area contributed by atoms with Gasteiger partial charge in [0.05, 0.1) is 6.20 Å². The third-order valence-electron chi connectivity index (χ3n) is 0.419. The van der Waals surface area contributed by atoms with Gasteiger partial charge in [0.15, 0.2) is 0 Å². The highest BCUT2D eigenvalue weighted by Gasteiger charge is 1.82. The molecule has 1 rings (SSSR count). The van der Waals surface area contributed by atoms with Crippen LogP contribution in [0.15, 0.2) is 6.20 Å². The molecule has 3 nitrogen and oxygen atoms in total. The molecule has 0 atom stereocenters. The van der Waals surface area contributed by atoms with Crippen molar-refractivity contribution in [2.75, 3.05) is 0 Å². The van der Waals surface area contributed by atoms with Crippen molar-refractivity contribution in [2.24, 2.45) is 0 Å². The highest BCUT2D eigenvalue weighted by molar-refractivity contribution is 4.64. The molecule has 0 spiro atoms. The van der Waals surface area contributed by atoms with Gasteiger partial charge < -0.3 is 0 Å².